The molecule has 0 saturated carbocycles. The fourth-order valence-electron chi connectivity index (χ4n) is 2.08. The van der Waals surface area contributed by atoms with Crippen LogP contribution >= 0.6 is 15.9 Å². The van der Waals surface area contributed by atoms with Crippen LogP contribution in [0.5, 0.6) is 0 Å². The van der Waals surface area contributed by atoms with Crippen molar-refractivity contribution in [3.05, 3.63) is 77.3 Å². The van der Waals surface area contributed by atoms with E-state index < -0.39 is 0 Å². The van der Waals surface area contributed by atoms with Gasteiger partial charge in [-0.15, -0.1) is 0 Å². The van der Waals surface area contributed by atoms with Crippen molar-refractivity contribution in [1.82, 2.24) is 9.97 Å². The highest BCUT2D eigenvalue weighted by atomic mass is 79.9. The first-order valence-corrected chi connectivity index (χ1v) is 7.25. The second kappa shape index (κ2) is 6.06. The number of rotatable bonds is 0. The molecule has 21 heavy (non-hydrogen) atoms. The zero-order chi connectivity index (χ0) is 14.7. The van der Waals surface area contributed by atoms with Crippen LogP contribution in [0.3, 0.4) is 0 Å². The number of nitrogens with zero attached hydrogens (tertiary/aromatic N) is 1. The van der Waals surface area contributed by atoms with E-state index in [9.17, 15) is 4.39 Å². The van der Waals surface area contributed by atoms with Gasteiger partial charge in [0.2, 0.25) is 0 Å². The van der Waals surface area contributed by atoms with E-state index in [4.69, 9.17) is 0 Å². The average Bonchev–Trinajstić information content (AvgIpc) is 2.87. The van der Waals surface area contributed by atoms with E-state index in [-0.39, 0.29) is 5.82 Å². The molecular weight excluding hydrogens is 331 g/mol. The van der Waals surface area contributed by atoms with Crippen molar-refractivity contribution >= 4 is 37.7 Å². The number of H-pyrrole nitrogens is 1. The van der Waals surface area contributed by atoms with E-state index in [1.807, 2.05) is 36.5 Å². The average molecular weight is 343 g/mol. The molecule has 0 aliphatic carbocycles. The second-order valence-corrected chi connectivity index (χ2v) is 5.40. The monoisotopic (exact) mass is 342 g/mol. The molecule has 0 amide bonds. The molecule has 2 heterocycles. The van der Waals surface area contributed by atoms with Crippen LogP contribution < -0.4 is 0 Å². The van der Waals surface area contributed by atoms with Gasteiger partial charge >= 0.3 is 0 Å². The molecule has 0 atom stereocenters. The number of nitrogens with one attached hydrogen (secondary N) is 1. The Hall–Kier alpha value is -2.20. The Labute approximate surface area is 129 Å². The number of halogens is 2. The lowest BCUT2D eigenvalue weighted by Crippen LogP contribution is -1.73. The number of aromatic amines is 1. The molecular formula is C17H12BrFN2. The van der Waals surface area contributed by atoms with E-state index in [0.717, 1.165) is 21.0 Å². The highest BCUT2D eigenvalue weighted by molar-refractivity contribution is 9.10. The summed E-state index contributed by atoms with van der Waals surface area (Å²) in [4.78, 5) is 7.22. The molecule has 0 saturated heterocycles. The third kappa shape index (κ3) is 3.28. The SMILES string of the molecule is Fc1ccc2[nH]c(Br)cc2c1.c1ccc2ncccc2c1. The number of para-hydroxylation sites is 1. The smallest absolute Gasteiger partial charge is 0.123 e. The zero-order valence-corrected chi connectivity index (χ0v) is 12.6. The summed E-state index contributed by atoms with van der Waals surface area (Å²) in [5.74, 6) is -0.205. The van der Waals surface area contributed by atoms with Crippen molar-refractivity contribution in [1.29, 1.82) is 0 Å². The highest BCUT2D eigenvalue weighted by Gasteiger charge is 1.98. The molecule has 0 radical (unpaired) electrons. The van der Waals surface area contributed by atoms with Gasteiger partial charge in [0, 0.05) is 22.5 Å². The predicted octanol–water partition coefficient (Wildman–Crippen LogP) is 5.30. The Bertz CT molecular complexity index is 821. The topological polar surface area (TPSA) is 28.7 Å². The maximum atomic E-state index is 12.6. The van der Waals surface area contributed by atoms with Crippen molar-refractivity contribution in [3.63, 3.8) is 0 Å². The van der Waals surface area contributed by atoms with Crippen LogP contribution in [0.25, 0.3) is 21.8 Å². The normalized spacial score (nSPS) is 10.4. The summed E-state index contributed by atoms with van der Waals surface area (Å²) in [6.07, 6.45) is 1.81. The third-order valence-electron chi connectivity index (χ3n) is 3.06. The molecule has 2 aromatic heterocycles. The van der Waals surface area contributed by atoms with Crippen LogP contribution in [0.15, 0.2) is 71.5 Å². The molecule has 4 rings (SSSR count). The van der Waals surface area contributed by atoms with E-state index in [0.29, 0.717) is 0 Å². The van der Waals surface area contributed by atoms with Gasteiger partial charge in [-0.2, -0.15) is 0 Å². The summed E-state index contributed by atoms with van der Waals surface area (Å²) >= 11 is 3.27. The predicted molar refractivity (Wildman–Crippen MR) is 87.7 cm³/mol. The molecule has 0 unspecified atom stereocenters. The standard InChI is InChI=1S/C9H7N.C8H5BrFN/c1-2-6-9-8(4-1)5-3-7-10-9;9-8-4-5-3-6(10)1-2-7(5)11-8/h1-7H;1-4,11H. The molecule has 0 spiro atoms. The second-order valence-electron chi connectivity index (χ2n) is 4.54. The van der Waals surface area contributed by atoms with Crippen LogP contribution in [0.4, 0.5) is 4.39 Å². The Kier molecular flexibility index (Phi) is 3.97. The fraction of sp³-hybridized carbons (Fsp3) is 0. The number of benzene rings is 2. The summed E-state index contributed by atoms with van der Waals surface area (Å²) in [5.41, 5.74) is 2.00. The number of pyridine rings is 1. The molecule has 104 valence electrons. The zero-order valence-electron chi connectivity index (χ0n) is 11.1. The van der Waals surface area contributed by atoms with Gasteiger partial charge in [-0.3, -0.25) is 4.98 Å². The van der Waals surface area contributed by atoms with Crippen LogP contribution in [0, 0.1) is 5.82 Å². The molecule has 0 aliphatic rings. The van der Waals surface area contributed by atoms with E-state index in [2.05, 4.69) is 38.0 Å². The number of hydrogen-bond donors (Lipinski definition) is 1. The molecule has 4 aromatic rings. The highest BCUT2D eigenvalue weighted by Crippen LogP contribution is 2.19. The minimum absolute atomic E-state index is 0.205. The Morgan fingerprint density at radius 3 is 2.57 bits per heavy atom. The number of aromatic nitrogens is 2. The lowest BCUT2D eigenvalue weighted by Gasteiger charge is -1.91. The minimum atomic E-state index is -0.205. The summed E-state index contributed by atoms with van der Waals surface area (Å²) in [6, 6.07) is 18.6. The minimum Gasteiger partial charge on any atom is -0.349 e. The van der Waals surface area contributed by atoms with Crippen LogP contribution in [0.2, 0.25) is 0 Å². The Balaban J connectivity index is 0.000000126. The van der Waals surface area contributed by atoms with Crippen LogP contribution in [0.1, 0.15) is 0 Å². The lowest BCUT2D eigenvalue weighted by atomic mass is 10.2. The molecule has 0 aliphatic heterocycles. The summed E-state index contributed by atoms with van der Waals surface area (Å²) in [7, 11) is 0. The number of fused-ring (bicyclic) bond motifs is 2. The molecule has 1 N–H and O–H groups in total. The van der Waals surface area contributed by atoms with Gasteiger partial charge in [0.1, 0.15) is 5.82 Å². The van der Waals surface area contributed by atoms with Crippen molar-refractivity contribution in [2.45, 2.75) is 0 Å². The van der Waals surface area contributed by atoms with E-state index in [1.54, 1.807) is 6.07 Å². The quantitative estimate of drug-likeness (QED) is 0.461. The Morgan fingerprint density at radius 2 is 1.71 bits per heavy atom. The van der Waals surface area contributed by atoms with Crippen molar-refractivity contribution in [3.8, 4) is 0 Å². The van der Waals surface area contributed by atoms with Crippen molar-refractivity contribution < 1.29 is 4.39 Å². The molecule has 2 nitrogen and oxygen atoms in total. The molecule has 0 fully saturated rings. The van der Waals surface area contributed by atoms with Gasteiger partial charge in [0.05, 0.1) is 10.1 Å². The van der Waals surface area contributed by atoms with Gasteiger partial charge in [0.15, 0.2) is 0 Å². The Morgan fingerprint density at radius 1 is 0.905 bits per heavy atom. The van der Waals surface area contributed by atoms with Gasteiger partial charge in [-0.05, 0) is 52.3 Å². The summed E-state index contributed by atoms with van der Waals surface area (Å²) in [5, 5.41) is 2.09. The summed E-state index contributed by atoms with van der Waals surface area (Å²) < 4.78 is 13.5. The van der Waals surface area contributed by atoms with Gasteiger partial charge in [-0.1, -0.05) is 24.3 Å². The lowest BCUT2D eigenvalue weighted by molar-refractivity contribution is 0.630. The van der Waals surface area contributed by atoms with Gasteiger partial charge < -0.3 is 4.98 Å². The van der Waals surface area contributed by atoms with Crippen LogP contribution in [-0.2, 0) is 0 Å². The molecule has 0 bridgehead atoms. The number of hydrogen-bond acceptors (Lipinski definition) is 1. The first kappa shape index (κ1) is 13.8. The molecule has 2 aromatic carbocycles. The fourth-order valence-corrected chi connectivity index (χ4v) is 2.54. The van der Waals surface area contributed by atoms with Crippen molar-refractivity contribution in [2.24, 2.45) is 0 Å². The van der Waals surface area contributed by atoms with Gasteiger partial charge in [0.25, 0.3) is 0 Å². The largest absolute Gasteiger partial charge is 0.349 e. The maximum Gasteiger partial charge on any atom is 0.123 e. The van der Waals surface area contributed by atoms with Crippen LogP contribution in [-0.4, -0.2) is 9.97 Å². The third-order valence-corrected chi connectivity index (χ3v) is 3.49. The summed E-state index contributed by atoms with van der Waals surface area (Å²) in [6.45, 7) is 0. The first-order chi connectivity index (χ1) is 10.2. The molecule has 4 heteroatoms. The van der Waals surface area contributed by atoms with E-state index in [1.165, 1.54) is 17.5 Å². The van der Waals surface area contributed by atoms with Crippen molar-refractivity contribution in [2.75, 3.05) is 0 Å². The van der Waals surface area contributed by atoms with E-state index >= 15 is 0 Å². The maximum absolute atomic E-state index is 12.6. The first-order valence-electron chi connectivity index (χ1n) is 6.46. The van der Waals surface area contributed by atoms with Gasteiger partial charge in [-0.25, -0.2) is 4.39 Å².